The highest BCUT2D eigenvalue weighted by atomic mass is 32.2. The van der Waals surface area contributed by atoms with E-state index in [2.05, 4.69) is 4.98 Å². The van der Waals surface area contributed by atoms with E-state index < -0.39 is 5.51 Å². The topological polar surface area (TPSA) is 46.3 Å². The lowest BCUT2D eigenvalue weighted by molar-refractivity contribution is -0.0328. The first-order valence-electron chi connectivity index (χ1n) is 8.90. The molecule has 1 fully saturated rings. The highest BCUT2D eigenvalue weighted by Crippen LogP contribution is 2.39. The third-order valence-electron chi connectivity index (χ3n) is 4.78. The fourth-order valence-corrected chi connectivity index (χ4v) is 4.08. The summed E-state index contributed by atoms with van der Waals surface area (Å²) in [6.45, 7) is 0.903. The predicted molar refractivity (Wildman–Crippen MR) is 100 cm³/mol. The molecule has 0 spiro atoms. The second kappa shape index (κ2) is 7.50. The van der Waals surface area contributed by atoms with Crippen LogP contribution in [-0.2, 0) is 0 Å². The summed E-state index contributed by atoms with van der Waals surface area (Å²) in [6.07, 6.45) is 1.32. The summed E-state index contributed by atoms with van der Waals surface area (Å²) in [4.78, 5) is 18.9. The highest BCUT2D eigenvalue weighted by Gasteiger charge is 2.33. The van der Waals surface area contributed by atoms with Crippen molar-refractivity contribution in [3.63, 3.8) is 0 Å². The van der Waals surface area contributed by atoms with Gasteiger partial charge in [0.05, 0.1) is 5.56 Å². The van der Waals surface area contributed by atoms with Crippen LogP contribution in [0.4, 0.5) is 13.2 Å². The minimum absolute atomic E-state index is 0.0684. The molecule has 4 nitrogen and oxygen atoms in total. The van der Waals surface area contributed by atoms with Gasteiger partial charge >= 0.3 is 5.51 Å². The van der Waals surface area contributed by atoms with Crippen LogP contribution in [-0.4, -0.2) is 34.4 Å². The Hall–Kier alpha value is -2.48. The van der Waals surface area contributed by atoms with Crippen LogP contribution in [0.1, 0.15) is 35.0 Å². The Morgan fingerprint density at radius 1 is 1.07 bits per heavy atom. The fraction of sp³-hybridized carbons (Fsp3) is 0.300. The summed E-state index contributed by atoms with van der Waals surface area (Å²) >= 11 is -0.253. The van der Waals surface area contributed by atoms with E-state index in [1.54, 1.807) is 11.0 Å². The van der Waals surface area contributed by atoms with E-state index in [1.165, 1.54) is 18.2 Å². The van der Waals surface area contributed by atoms with Gasteiger partial charge < -0.3 is 9.32 Å². The normalized spacial score (nSPS) is 15.9. The summed E-state index contributed by atoms with van der Waals surface area (Å²) in [5.74, 6) is 0.376. The predicted octanol–water partition coefficient (Wildman–Crippen LogP) is 5.46. The Balaban J connectivity index is 1.46. The molecule has 0 bridgehead atoms. The smallest absolute Gasteiger partial charge is 0.440 e. The molecule has 1 saturated heterocycles. The highest BCUT2D eigenvalue weighted by molar-refractivity contribution is 8.00. The van der Waals surface area contributed by atoms with E-state index in [-0.39, 0.29) is 34.0 Å². The second-order valence-corrected chi connectivity index (χ2v) is 7.74. The van der Waals surface area contributed by atoms with Crippen molar-refractivity contribution in [2.24, 2.45) is 0 Å². The molecule has 0 unspecified atom stereocenters. The molecule has 146 valence electrons. The largest absolute Gasteiger partial charge is 0.446 e. The number of benzene rings is 2. The van der Waals surface area contributed by atoms with Crippen molar-refractivity contribution in [3.05, 3.63) is 60.0 Å². The van der Waals surface area contributed by atoms with Gasteiger partial charge in [0.15, 0.2) is 11.5 Å². The number of likely N-dealkylation sites (tertiary alicyclic amines) is 1. The van der Waals surface area contributed by atoms with Crippen LogP contribution < -0.4 is 0 Å². The number of oxazole rings is 1. The van der Waals surface area contributed by atoms with Crippen LogP contribution in [0, 0.1) is 0 Å². The molecule has 28 heavy (non-hydrogen) atoms. The van der Waals surface area contributed by atoms with Gasteiger partial charge in [-0.1, -0.05) is 24.3 Å². The lowest BCUT2D eigenvalue weighted by Gasteiger charge is -2.31. The molecule has 2 heterocycles. The number of halogens is 3. The van der Waals surface area contributed by atoms with Crippen LogP contribution >= 0.6 is 11.8 Å². The van der Waals surface area contributed by atoms with Gasteiger partial charge in [-0.25, -0.2) is 4.98 Å². The molecule has 0 saturated carbocycles. The number of aromatic nitrogens is 1. The maximum Gasteiger partial charge on any atom is 0.446 e. The van der Waals surface area contributed by atoms with Crippen molar-refractivity contribution in [1.29, 1.82) is 0 Å². The van der Waals surface area contributed by atoms with E-state index >= 15 is 0 Å². The van der Waals surface area contributed by atoms with Crippen molar-refractivity contribution in [3.8, 4) is 0 Å². The van der Waals surface area contributed by atoms with E-state index in [1.807, 2.05) is 24.3 Å². The van der Waals surface area contributed by atoms with Gasteiger partial charge in [-0.2, -0.15) is 13.2 Å². The number of rotatable bonds is 3. The number of thioether (sulfide) groups is 1. The van der Waals surface area contributed by atoms with Gasteiger partial charge in [0.25, 0.3) is 5.91 Å². The summed E-state index contributed by atoms with van der Waals surface area (Å²) in [6, 6.07) is 13.4. The molecule has 1 aliphatic rings. The quantitative estimate of drug-likeness (QED) is 0.542. The first-order valence-corrected chi connectivity index (χ1v) is 9.72. The van der Waals surface area contributed by atoms with E-state index in [4.69, 9.17) is 4.42 Å². The van der Waals surface area contributed by atoms with Gasteiger partial charge in [0.1, 0.15) is 5.52 Å². The lowest BCUT2D eigenvalue weighted by Crippen LogP contribution is -2.38. The van der Waals surface area contributed by atoms with Crippen molar-refractivity contribution in [2.75, 3.05) is 13.1 Å². The van der Waals surface area contributed by atoms with Crippen LogP contribution in [0.2, 0.25) is 0 Å². The molecule has 1 amide bonds. The average Bonchev–Trinajstić information content (AvgIpc) is 3.11. The number of para-hydroxylation sites is 2. The van der Waals surface area contributed by atoms with Gasteiger partial charge in [-0.15, -0.1) is 0 Å². The van der Waals surface area contributed by atoms with Crippen molar-refractivity contribution in [1.82, 2.24) is 9.88 Å². The summed E-state index contributed by atoms with van der Waals surface area (Å²) in [5, 5.41) is 0. The Kier molecular flexibility index (Phi) is 5.05. The molecule has 0 atom stereocenters. The Labute approximate surface area is 163 Å². The first-order chi connectivity index (χ1) is 13.4. The number of amides is 1. The van der Waals surface area contributed by atoms with Gasteiger partial charge in [-0.3, -0.25) is 4.79 Å². The van der Waals surface area contributed by atoms with Crippen LogP contribution in [0.3, 0.4) is 0 Å². The molecule has 8 heteroatoms. The number of hydrogen-bond acceptors (Lipinski definition) is 4. The van der Waals surface area contributed by atoms with E-state index in [0.717, 1.165) is 11.1 Å². The fourth-order valence-electron chi connectivity index (χ4n) is 3.42. The number of alkyl halides is 3. The monoisotopic (exact) mass is 406 g/mol. The Morgan fingerprint density at radius 2 is 1.75 bits per heavy atom. The average molecular weight is 406 g/mol. The van der Waals surface area contributed by atoms with Crippen LogP contribution in [0.25, 0.3) is 11.1 Å². The van der Waals surface area contributed by atoms with Crippen molar-refractivity contribution < 1.29 is 22.4 Å². The molecule has 2 aromatic carbocycles. The standard InChI is InChI=1S/C20H17F3N2O2S/c21-20(22,23)28-17-8-4-1-5-14(17)19(26)25-11-9-13(10-12-25)18-24-15-6-2-3-7-16(15)27-18/h1-8,13H,9-12H2. The summed E-state index contributed by atoms with van der Waals surface area (Å²) < 4.78 is 44.1. The number of carbonyl (C=O) groups excluding carboxylic acids is 1. The van der Waals surface area contributed by atoms with Gasteiger partial charge in [0.2, 0.25) is 0 Å². The minimum atomic E-state index is -4.43. The molecule has 3 aromatic rings. The zero-order valence-corrected chi connectivity index (χ0v) is 15.6. The molecule has 0 N–H and O–H groups in total. The molecular weight excluding hydrogens is 389 g/mol. The number of carbonyl (C=O) groups is 1. The molecular formula is C20H17F3N2O2S. The number of piperidine rings is 1. The molecule has 1 aromatic heterocycles. The number of fused-ring (bicyclic) bond motifs is 1. The molecule has 1 aliphatic heterocycles. The zero-order valence-electron chi connectivity index (χ0n) is 14.8. The van der Waals surface area contributed by atoms with Gasteiger partial charge in [-0.05, 0) is 48.9 Å². The van der Waals surface area contributed by atoms with Crippen LogP contribution in [0.5, 0.6) is 0 Å². The minimum Gasteiger partial charge on any atom is -0.440 e. The Bertz CT molecular complexity index is 961. The summed E-state index contributed by atoms with van der Waals surface area (Å²) in [7, 11) is 0. The van der Waals surface area contributed by atoms with E-state index in [0.29, 0.717) is 31.8 Å². The van der Waals surface area contributed by atoms with Crippen LogP contribution in [0.15, 0.2) is 57.8 Å². The first kappa shape index (κ1) is 18.9. The zero-order chi connectivity index (χ0) is 19.7. The van der Waals surface area contributed by atoms with E-state index in [9.17, 15) is 18.0 Å². The lowest BCUT2D eigenvalue weighted by atomic mass is 9.96. The number of nitrogens with zero attached hydrogens (tertiary/aromatic N) is 2. The third-order valence-corrected chi connectivity index (χ3v) is 5.59. The molecule has 4 rings (SSSR count). The van der Waals surface area contributed by atoms with Crippen molar-refractivity contribution in [2.45, 2.75) is 29.2 Å². The molecule has 0 radical (unpaired) electrons. The maximum atomic E-state index is 12.8. The Morgan fingerprint density at radius 3 is 2.46 bits per heavy atom. The molecule has 0 aliphatic carbocycles. The van der Waals surface area contributed by atoms with Gasteiger partial charge in [0, 0.05) is 23.9 Å². The van der Waals surface area contributed by atoms with Crippen molar-refractivity contribution >= 4 is 28.8 Å². The maximum absolute atomic E-state index is 12.8. The third kappa shape index (κ3) is 4.01. The number of hydrogen-bond donors (Lipinski definition) is 0. The second-order valence-electron chi connectivity index (χ2n) is 6.63. The SMILES string of the molecule is O=C(c1ccccc1SC(F)(F)F)N1CCC(c2nc3ccccc3o2)CC1. The summed E-state index contributed by atoms with van der Waals surface area (Å²) in [5.41, 5.74) is -2.82.